The number of nitrogens with zero attached hydrogens (tertiary/aromatic N) is 3. The summed E-state index contributed by atoms with van der Waals surface area (Å²) in [5.74, 6) is -0.183. The lowest BCUT2D eigenvalue weighted by molar-refractivity contribution is -0.123. The van der Waals surface area contributed by atoms with Crippen molar-refractivity contribution < 1.29 is 4.79 Å². The highest BCUT2D eigenvalue weighted by molar-refractivity contribution is 7.13. The molecule has 6 heteroatoms. The van der Waals surface area contributed by atoms with Crippen molar-refractivity contribution in [3.63, 3.8) is 0 Å². The molecule has 1 aromatic rings. The largest absolute Gasteiger partial charge is 0.368 e. The molecule has 1 amide bonds. The van der Waals surface area contributed by atoms with Crippen LogP contribution < -0.4 is 10.6 Å². The molecule has 20 heavy (non-hydrogen) atoms. The highest BCUT2D eigenvalue weighted by Crippen LogP contribution is 2.22. The molecule has 1 aromatic heterocycles. The summed E-state index contributed by atoms with van der Waals surface area (Å²) in [6.07, 6.45) is 3.03. The first-order chi connectivity index (χ1) is 9.61. The van der Waals surface area contributed by atoms with E-state index in [1.54, 1.807) is 11.3 Å². The van der Waals surface area contributed by atoms with Gasteiger partial charge in [-0.05, 0) is 13.3 Å². The molecule has 2 N–H and O–H groups in total. The van der Waals surface area contributed by atoms with E-state index in [9.17, 15) is 4.79 Å². The Balaban J connectivity index is 1.90. The number of nitrogens with two attached hydrogens (primary N) is 1. The zero-order valence-electron chi connectivity index (χ0n) is 12.3. The van der Waals surface area contributed by atoms with Gasteiger partial charge in [0.25, 0.3) is 0 Å². The fraction of sp³-hybridized carbons (Fsp3) is 0.714. The third kappa shape index (κ3) is 3.70. The first-order valence-corrected chi connectivity index (χ1v) is 8.20. The summed E-state index contributed by atoms with van der Waals surface area (Å²) in [6, 6.07) is -0.102. The number of carbonyl (C=O) groups is 1. The molecular weight excluding hydrogens is 272 g/mol. The molecule has 1 aliphatic heterocycles. The Morgan fingerprint density at radius 3 is 2.65 bits per heavy atom. The lowest BCUT2D eigenvalue weighted by Crippen LogP contribution is -2.54. The van der Waals surface area contributed by atoms with E-state index in [1.807, 2.05) is 6.92 Å². The average molecular weight is 296 g/mol. The summed E-state index contributed by atoms with van der Waals surface area (Å²) in [4.78, 5) is 20.7. The van der Waals surface area contributed by atoms with Gasteiger partial charge in [-0.25, -0.2) is 4.98 Å². The van der Waals surface area contributed by atoms with E-state index in [0.29, 0.717) is 0 Å². The maximum atomic E-state index is 11.6. The van der Waals surface area contributed by atoms with Gasteiger partial charge < -0.3 is 10.6 Å². The van der Waals surface area contributed by atoms with Crippen LogP contribution in [-0.4, -0.2) is 48.0 Å². The number of rotatable bonds is 6. The second-order valence-electron chi connectivity index (χ2n) is 5.35. The van der Waals surface area contributed by atoms with Crippen molar-refractivity contribution in [2.45, 2.75) is 39.2 Å². The van der Waals surface area contributed by atoms with E-state index in [-0.39, 0.29) is 11.9 Å². The van der Waals surface area contributed by atoms with Gasteiger partial charge in [0.1, 0.15) is 0 Å². The zero-order chi connectivity index (χ0) is 14.5. The molecule has 0 bridgehead atoms. The van der Waals surface area contributed by atoms with E-state index in [0.717, 1.165) is 56.3 Å². The van der Waals surface area contributed by atoms with Crippen LogP contribution in [0.5, 0.6) is 0 Å². The zero-order valence-corrected chi connectivity index (χ0v) is 13.2. The minimum atomic E-state index is -0.183. The lowest BCUT2D eigenvalue weighted by Gasteiger charge is -2.38. The van der Waals surface area contributed by atoms with Gasteiger partial charge in [0.2, 0.25) is 5.91 Å². The average Bonchev–Trinajstić information content (AvgIpc) is 2.86. The first-order valence-electron chi connectivity index (χ1n) is 7.32. The second-order valence-corrected chi connectivity index (χ2v) is 6.19. The van der Waals surface area contributed by atoms with Crippen molar-refractivity contribution in [1.82, 2.24) is 9.88 Å². The lowest BCUT2D eigenvalue weighted by atomic mass is 10.1. The number of aryl methyl sites for hydroxylation is 1. The molecule has 1 aliphatic rings. The fourth-order valence-electron chi connectivity index (χ4n) is 2.61. The summed E-state index contributed by atoms with van der Waals surface area (Å²) in [5.41, 5.74) is 6.63. The van der Waals surface area contributed by atoms with E-state index in [4.69, 9.17) is 5.73 Å². The minimum absolute atomic E-state index is 0.102. The number of anilines is 1. The number of carbonyl (C=O) groups excluding carboxylic acids is 1. The van der Waals surface area contributed by atoms with Crippen molar-refractivity contribution in [3.05, 3.63) is 11.1 Å². The van der Waals surface area contributed by atoms with Crippen molar-refractivity contribution in [3.8, 4) is 0 Å². The van der Waals surface area contributed by atoms with Gasteiger partial charge in [-0.2, -0.15) is 0 Å². The van der Waals surface area contributed by atoms with Crippen LogP contribution in [0.3, 0.4) is 0 Å². The number of thiazole rings is 1. The van der Waals surface area contributed by atoms with Crippen LogP contribution in [0.4, 0.5) is 5.13 Å². The monoisotopic (exact) mass is 296 g/mol. The van der Waals surface area contributed by atoms with E-state index in [1.165, 1.54) is 0 Å². The molecule has 1 atom stereocenters. The van der Waals surface area contributed by atoms with Gasteiger partial charge in [-0.3, -0.25) is 9.69 Å². The van der Waals surface area contributed by atoms with Crippen molar-refractivity contribution in [2.75, 3.05) is 31.1 Å². The highest BCUT2D eigenvalue weighted by atomic mass is 32.1. The highest BCUT2D eigenvalue weighted by Gasteiger charge is 2.27. The first kappa shape index (κ1) is 15.3. The number of primary amides is 1. The van der Waals surface area contributed by atoms with Gasteiger partial charge in [-0.1, -0.05) is 19.8 Å². The number of piperazine rings is 1. The predicted octanol–water partition coefficient (Wildman–Crippen LogP) is 1.62. The third-order valence-electron chi connectivity index (χ3n) is 3.79. The quantitative estimate of drug-likeness (QED) is 0.866. The van der Waals surface area contributed by atoms with Crippen LogP contribution in [-0.2, 0) is 4.79 Å². The summed E-state index contributed by atoms with van der Waals surface area (Å²) >= 11 is 1.69. The SMILES string of the molecule is CCCC[C@H](C(N)=O)N1CCN(c2nc(C)cs2)CC1. The summed E-state index contributed by atoms with van der Waals surface area (Å²) in [6.45, 7) is 7.77. The van der Waals surface area contributed by atoms with Crippen molar-refractivity contribution >= 4 is 22.4 Å². The van der Waals surface area contributed by atoms with Crippen LogP contribution in [0.2, 0.25) is 0 Å². The molecule has 0 aromatic carbocycles. The van der Waals surface area contributed by atoms with Crippen LogP contribution >= 0.6 is 11.3 Å². The third-order valence-corrected chi connectivity index (χ3v) is 4.81. The minimum Gasteiger partial charge on any atom is -0.368 e. The molecule has 0 saturated carbocycles. The summed E-state index contributed by atoms with van der Waals surface area (Å²) in [7, 11) is 0. The molecule has 1 fully saturated rings. The van der Waals surface area contributed by atoms with E-state index in [2.05, 4.69) is 27.1 Å². The molecule has 1 saturated heterocycles. The molecule has 0 unspecified atom stereocenters. The molecule has 0 aliphatic carbocycles. The standard InChI is InChI=1S/C14H24N4OS/c1-3-4-5-12(13(15)19)17-6-8-18(9-7-17)14-16-11(2)10-20-14/h10,12H,3-9H2,1-2H3,(H2,15,19)/t12-/m1/s1. The smallest absolute Gasteiger partial charge is 0.234 e. The van der Waals surface area contributed by atoms with Gasteiger partial charge in [0.05, 0.1) is 11.7 Å². The number of hydrogen-bond acceptors (Lipinski definition) is 5. The van der Waals surface area contributed by atoms with Crippen LogP contribution in [0.1, 0.15) is 31.9 Å². The van der Waals surface area contributed by atoms with Crippen LogP contribution in [0, 0.1) is 6.92 Å². The molecule has 112 valence electrons. The topological polar surface area (TPSA) is 62.5 Å². The van der Waals surface area contributed by atoms with Gasteiger partial charge in [-0.15, -0.1) is 11.3 Å². The number of aromatic nitrogens is 1. The molecule has 2 heterocycles. The predicted molar refractivity (Wildman–Crippen MR) is 83.1 cm³/mol. The van der Waals surface area contributed by atoms with Gasteiger partial charge in [0.15, 0.2) is 5.13 Å². The Bertz CT molecular complexity index is 440. The maximum absolute atomic E-state index is 11.6. The van der Waals surface area contributed by atoms with Gasteiger partial charge in [0, 0.05) is 31.6 Å². The number of hydrogen-bond donors (Lipinski definition) is 1. The maximum Gasteiger partial charge on any atom is 0.234 e. The molecule has 5 nitrogen and oxygen atoms in total. The Hall–Kier alpha value is -1.14. The van der Waals surface area contributed by atoms with Crippen molar-refractivity contribution in [1.29, 1.82) is 0 Å². The van der Waals surface area contributed by atoms with Crippen LogP contribution in [0.15, 0.2) is 5.38 Å². The normalized spacial score (nSPS) is 18.2. The summed E-state index contributed by atoms with van der Waals surface area (Å²) < 4.78 is 0. The van der Waals surface area contributed by atoms with Crippen molar-refractivity contribution in [2.24, 2.45) is 5.73 Å². The Kier molecular flexibility index (Phi) is 5.37. The van der Waals surface area contributed by atoms with Gasteiger partial charge >= 0.3 is 0 Å². The Labute approximate surface area is 124 Å². The molecule has 0 spiro atoms. The second kappa shape index (κ2) is 7.04. The fourth-order valence-corrected chi connectivity index (χ4v) is 3.47. The van der Waals surface area contributed by atoms with Crippen LogP contribution in [0.25, 0.3) is 0 Å². The number of amides is 1. The molecular formula is C14H24N4OS. The Morgan fingerprint density at radius 1 is 1.45 bits per heavy atom. The Morgan fingerprint density at radius 2 is 2.15 bits per heavy atom. The van der Waals surface area contributed by atoms with E-state index < -0.39 is 0 Å². The summed E-state index contributed by atoms with van der Waals surface area (Å²) in [5, 5.41) is 3.17. The van der Waals surface area contributed by atoms with E-state index >= 15 is 0 Å². The molecule has 0 radical (unpaired) electrons. The molecule has 2 rings (SSSR count). The number of unbranched alkanes of at least 4 members (excludes halogenated alkanes) is 1.